The van der Waals surface area contributed by atoms with Gasteiger partial charge in [0.05, 0.1) is 0 Å². The van der Waals surface area contributed by atoms with Crippen molar-refractivity contribution < 1.29 is 4.79 Å². The quantitative estimate of drug-likeness (QED) is 0.807. The number of amides is 1. The fraction of sp³-hybridized carbons (Fsp3) is 0.588. The Bertz CT molecular complexity index is 427. The van der Waals surface area contributed by atoms with Crippen LogP contribution in [0.4, 0.5) is 0 Å². The topological polar surface area (TPSA) is 20.3 Å². The molecule has 1 heterocycles. The number of aryl methyl sites for hydroxylation is 2. The molecule has 2 heteroatoms. The highest BCUT2D eigenvalue weighted by Crippen LogP contribution is 2.20. The summed E-state index contributed by atoms with van der Waals surface area (Å²) in [5, 5.41) is 0. The second-order valence-corrected chi connectivity index (χ2v) is 5.63. The molecular weight excluding hydrogens is 234 g/mol. The number of hydrogen-bond acceptors (Lipinski definition) is 1. The van der Waals surface area contributed by atoms with Crippen LogP contribution in [0.3, 0.4) is 0 Å². The molecule has 0 saturated carbocycles. The van der Waals surface area contributed by atoms with E-state index >= 15 is 0 Å². The number of likely N-dealkylation sites (tertiary alicyclic amines) is 1. The van der Waals surface area contributed by atoms with E-state index in [9.17, 15) is 4.79 Å². The molecule has 0 spiro atoms. The summed E-state index contributed by atoms with van der Waals surface area (Å²) in [5.74, 6) is 0.341. The molecule has 1 saturated heterocycles. The van der Waals surface area contributed by atoms with Crippen molar-refractivity contribution in [3.8, 4) is 0 Å². The normalized spacial score (nSPS) is 19.5. The predicted molar refractivity (Wildman–Crippen MR) is 79.1 cm³/mol. The summed E-state index contributed by atoms with van der Waals surface area (Å²) in [6.45, 7) is 5.26. The van der Waals surface area contributed by atoms with E-state index in [4.69, 9.17) is 0 Å². The molecule has 0 aliphatic carbocycles. The van der Waals surface area contributed by atoms with E-state index in [1.165, 1.54) is 30.4 Å². The van der Waals surface area contributed by atoms with Crippen LogP contribution in [0, 0.1) is 6.92 Å². The van der Waals surface area contributed by atoms with Gasteiger partial charge in [-0.2, -0.15) is 0 Å². The number of piperidine rings is 1. The molecule has 1 aromatic rings. The van der Waals surface area contributed by atoms with Gasteiger partial charge in [0, 0.05) is 19.0 Å². The van der Waals surface area contributed by atoms with Gasteiger partial charge in [-0.05, 0) is 44.6 Å². The van der Waals surface area contributed by atoms with Crippen molar-refractivity contribution in [2.45, 2.75) is 58.4 Å². The van der Waals surface area contributed by atoms with Crippen LogP contribution >= 0.6 is 0 Å². The molecule has 1 fully saturated rings. The van der Waals surface area contributed by atoms with Crippen molar-refractivity contribution >= 4 is 5.91 Å². The minimum atomic E-state index is 0.341. The van der Waals surface area contributed by atoms with E-state index < -0.39 is 0 Å². The molecule has 1 aromatic carbocycles. The van der Waals surface area contributed by atoms with Gasteiger partial charge in [0.15, 0.2) is 0 Å². The highest BCUT2D eigenvalue weighted by atomic mass is 16.2. The molecule has 0 N–H and O–H groups in total. The third-order valence-corrected chi connectivity index (χ3v) is 4.13. The minimum absolute atomic E-state index is 0.341. The first-order valence-corrected chi connectivity index (χ1v) is 7.55. The Labute approximate surface area is 116 Å². The number of carbonyl (C=O) groups is 1. The van der Waals surface area contributed by atoms with E-state index in [1.807, 2.05) is 0 Å². The summed E-state index contributed by atoms with van der Waals surface area (Å²) in [4.78, 5) is 14.5. The van der Waals surface area contributed by atoms with Gasteiger partial charge in [-0.3, -0.25) is 4.79 Å². The van der Waals surface area contributed by atoms with Gasteiger partial charge in [0.1, 0.15) is 0 Å². The molecule has 1 atom stereocenters. The molecule has 1 aliphatic heterocycles. The average molecular weight is 259 g/mol. The van der Waals surface area contributed by atoms with Gasteiger partial charge < -0.3 is 4.90 Å². The zero-order valence-corrected chi connectivity index (χ0v) is 12.2. The summed E-state index contributed by atoms with van der Waals surface area (Å²) in [6, 6.07) is 8.96. The van der Waals surface area contributed by atoms with Crippen LogP contribution < -0.4 is 0 Å². The third-order valence-electron chi connectivity index (χ3n) is 4.13. The lowest BCUT2D eigenvalue weighted by Gasteiger charge is -2.35. The number of nitrogens with zero attached hydrogens (tertiary/aromatic N) is 1. The Hall–Kier alpha value is -1.31. The van der Waals surface area contributed by atoms with Crippen molar-refractivity contribution in [1.29, 1.82) is 0 Å². The molecule has 19 heavy (non-hydrogen) atoms. The highest BCUT2D eigenvalue weighted by molar-refractivity contribution is 5.76. The second-order valence-electron chi connectivity index (χ2n) is 5.63. The Morgan fingerprint density at radius 2 is 2.21 bits per heavy atom. The maximum Gasteiger partial charge on any atom is 0.223 e. The van der Waals surface area contributed by atoms with Crippen molar-refractivity contribution in [3.63, 3.8) is 0 Å². The predicted octanol–water partition coefficient (Wildman–Crippen LogP) is 3.72. The summed E-state index contributed by atoms with van der Waals surface area (Å²) < 4.78 is 0. The molecule has 0 radical (unpaired) electrons. The van der Waals surface area contributed by atoms with Crippen LogP contribution in [0.25, 0.3) is 0 Å². The zero-order chi connectivity index (χ0) is 13.7. The van der Waals surface area contributed by atoms with Gasteiger partial charge in [-0.25, -0.2) is 0 Å². The zero-order valence-electron chi connectivity index (χ0n) is 12.2. The summed E-state index contributed by atoms with van der Waals surface area (Å²) in [7, 11) is 0. The fourth-order valence-corrected chi connectivity index (χ4v) is 3.02. The Kier molecular flexibility index (Phi) is 5.00. The Balaban J connectivity index is 1.89. The lowest BCUT2D eigenvalue weighted by atomic mass is 9.99. The van der Waals surface area contributed by atoms with Crippen LogP contribution in [-0.4, -0.2) is 23.4 Å². The van der Waals surface area contributed by atoms with Crippen LogP contribution in [0.15, 0.2) is 24.3 Å². The average Bonchev–Trinajstić information content (AvgIpc) is 2.45. The van der Waals surface area contributed by atoms with Gasteiger partial charge in [-0.15, -0.1) is 0 Å². The van der Waals surface area contributed by atoms with Crippen LogP contribution in [-0.2, 0) is 11.2 Å². The molecule has 2 nitrogen and oxygen atoms in total. The van der Waals surface area contributed by atoms with Gasteiger partial charge in [0.25, 0.3) is 0 Å². The van der Waals surface area contributed by atoms with E-state index in [0.29, 0.717) is 18.4 Å². The largest absolute Gasteiger partial charge is 0.340 e. The maximum atomic E-state index is 12.4. The molecular formula is C17H25NO. The van der Waals surface area contributed by atoms with Crippen molar-refractivity contribution in [2.24, 2.45) is 0 Å². The van der Waals surface area contributed by atoms with Gasteiger partial charge in [-0.1, -0.05) is 36.8 Å². The number of hydrogen-bond donors (Lipinski definition) is 0. The lowest BCUT2D eigenvalue weighted by molar-refractivity contribution is -0.134. The SMILES string of the molecule is CCC1CCCCN1C(=O)CCc1cccc(C)c1. The maximum absolute atomic E-state index is 12.4. The second kappa shape index (κ2) is 6.74. The lowest BCUT2D eigenvalue weighted by Crippen LogP contribution is -2.43. The van der Waals surface area contributed by atoms with Gasteiger partial charge >= 0.3 is 0 Å². The van der Waals surface area contributed by atoms with Crippen LogP contribution in [0.1, 0.15) is 50.2 Å². The van der Waals surface area contributed by atoms with Gasteiger partial charge in [0.2, 0.25) is 5.91 Å². The Morgan fingerprint density at radius 1 is 1.37 bits per heavy atom. The summed E-state index contributed by atoms with van der Waals surface area (Å²) in [6.07, 6.45) is 6.25. The van der Waals surface area contributed by atoms with Crippen LogP contribution in [0.2, 0.25) is 0 Å². The van der Waals surface area contributed by atoms with Crippen molar-refractivity contribution in [1.82, 2.24) is 4.90 Å². The first-order valence-electron chi connectivity index (χ1n) is 7.55. The standard InChI is InChI=1S/C17H25NO/c1-3-16-9-4-5-12-18(16)17(19)11-10-15-8-6-7-14(2)13-15/h6-8,13,16H,3-5,9-12H2,1-2H3. The molecule has 1 aliphatic rings. The third kappa shape index (κ3) is 3.82. The minimum Gasteiger partial charge on any atom is -0.340 e. The molecule has 1 amide bonds. The smallest absolute Gasteiger partial charge is 0.223 e. The molecule has 2 rings (SSSR count). The molecule has 0 aromatic heterocycles. The Morgan fingerprint density at radius 3 is 2.95 bits per heavy atom. The highest BCUT2D eigenvalue weighted by Gasteiger charge is 2.24. The van der Waals surface area contributed by atoms with E-state index in [2.05, 4.69) is 43.0 Å². The van der Waals surface area contributed by atoms with E-state index in [1.54, 1.807) is 0 Å². The monoisotopic (exact) mass is 259 g/mol. The molecule has 1 unspecified atom stereocenters. The number of rotatable bonds is 4. The summed E-state index contributed by atoms with van der Waals surface area (Å²) in [5.41, 5.74) is 2.55. The van der Waals surface area contributed by atoms with Crippen molar-refractivity contribution in [2.75, 3.05) is 6.54 Å². The fourth-order valence-electron chi connectivity index (χ4n) is 3.02. The first-order chi connectivity index (χ1) is 9.20. The molecule has 0 bridgehead atoms. The van der Waals surface area contributed by atoms with Crippen LogP contribution in [0.5, 0.6) is 0 Å². The summed E-state index contributed by atoms with van der Waals surface area (Å²) >= 11 is 0. The van der Waals surface area contributed by atoms with E-state index in [-0.39, 0.29) is 0 Å². The first kappa shape index (κ1) is 14.1. The number of benzene rings is 1. The van der Waals surface area contributed by atoms with Crippen molar-refractivity contribution in [3.05, 3.63) is 35.4 Å². The molecule has 104 valence electrons. The van der Waals surface area contributed by atoms with E-state index in [0.717, 1.165) is 19.4 Å². The number of carbonyl (C=O) groups excluding carboxylic acids is 1.